The number of benzene rings is 1. The lowest BCUT2D eigenvalue weighted by Gasteiger charge is -2.18. The normalized spacial score (nSPS) is 25.5. The maximum absolute atomic E-state index is 9.69. The number of rotatable bonds is 2. The van der Waals surface area contributed by atoms with Crippen molar-refractivity contribution in [3.8, 4) is 0 Å². The van der Waals surface area contributed by atoms with E-state index in [-0.39, 0.29) is 12.1 Å². The summed E-state index contributed by atoms with van der Waals surface area (Å²) in [5, 5.41) is 13.7. The van der Waals surface area contributed by atoms with Gasteiger partial charge in [0.1, 0.15) is 0 Å². The molecule has 0 bridgehead atoms. The Morgan fingerprint density at radius 2 is 2.20 bits per heavy atom. The molecule has 0 radical (unpaired) electrons. The summed E-state index contributed by atoms with van der Waals surface area (Å²) in [6.07, 6.45) is 2.75. The lowest BCUT2D eigenvalue weighted by atomic mass is 10.2. The molecule has 4 heteroatoms. The Labute approximate surface area is 108 Å². The number of aliphatic hydroxyl groups is 1. The second-order valence-corrected chi connectivity index (χ2v) is 5.53. The largest absolute Gasteiger partial charge is 0.391 e. The van der Waals surface area contributed by atoms with Gasteiger partial charge in [0.2, 0.25) is 0 Å². The maximum atomic E-state index is 9.69. The number of aliphatic hydroxyl groups excluding tert-OH is 1. The van der Waals surface area contributed by atoms with Crippen molar-refractivity contribution in [2.24, 2.45) is 0 Å². The summed E-state index contributed by atoms with van der Waals surface area (Å²) in [6, 6.07) is 6.05. The average molecular weight is 338 g/mol. The van der Waals surface area contributed by atoms with E-state index < -0.39 is 0 Å². The smallest absolute Gasteiger partial charge is 0.0741 e. The molecule has 1 fully saturated rings. The Hall–Kier alpha value is -0.0000000000000000555. The first kappa shape index (κ1) is 11.5. The van der Waals surface area contributed by atoms with Crippen molar-refractivity contribution in [2.45, 2.75) is 31.4 Å². The molecule has 1 aromatic carbocycles. The summed E-state index contributed by atoms with van der Waals surface area (Å²) >= 11 is 8.34. The van der Waals surface area contributed by atoms with Gasteiger partial charge in [0.15, 0.2) is 0 Å². The number of hydrogen-bond acceptors (Lipinski definition) is 2. The SMILES string of the molecule is O[C@H]1CCC[C@@H]1Nc1ccc(I)cc1Cl. The number of hydrogen-bond donors (Lipinski definition) is 2. The van der Waals surface area contributed by atoms with E-state index in [1.54, 1.807) is 0 Å². The fraction of sp³-hybridized carbons (Fsp3) is 0.455. The second-order valence-electron chi connectivity index (χ2n) is 3.87. The third-order valence-corrected chi connectivity index (χ3v) is 3.74. The Bertz CT molecular complexity index is 358. The predicted octanol–water partition coefficient (Wildman–Crippen LogP) is 3.27. The van der Waals surface area contributed by atoms with Crippen LogP contribution in [0.1, 0.15) is 19.3 Å². The van der Waals surface area contributed by atoms with Crippen molar-refractivity contribution in [2.75, 3.05) is 5.32 Å². The van der Waals surface area contributed by atoms with Crippen LogP contribution in [0.4, 0.5) is 5.69 Å². The van der Waals surface area contributed by atoms with E-state index in [1.165, 1.54) is 0 Å². The Kier molecular flexibility index (Phi) is 3.74. The first-order valence-corrected chi connectivity index (χ1v) is 6.52. The molecule has 15 heavy (non-hydrogen) atoms. The van der Waals surface area contributed by atoms with Crippen LogP contribution in [0.25, 0.3) is 0 Å². The summed E-state index contributed by atoms with van der Waals surface area (Å²) < 4.78 is 1.12. The van der Waals surface area contributed by atoms with Gasteiger partial charge in [0, 0.05) is 3.57 Å². The summed E-state index contributed by atoms with van der Waals surface area (Å²) in [4.78, 5) is 0. The second kappa shape index (κ2) is 4.89. The van der Waals surface area contributed by atoms with Crippen LogP contribution >= 0.6 is 34.2 Å². The van der Waals surface area contributed by atoms with Crippen molar-refractivity contribution < 1.29 is 5.11 Å². The van der Waals surface area contributed by atoms with Crippen LogP contribution in [-0.2, 0) is 0 Å². The molecule has 0 spiro atoms. The van der Waals surface area contributed by atoms with Gasteiger partial charge in [-0.15, -0.1) is 0 Å². The van der Waals surface area contributed by atoms with Crippen LogP contribution in [0.3, 0.4) is 0 Å². The highest BCUT2D eigenvalue weighted by atomic mass is 127. The van der Waals surface area contributed by atoms with Gasteiger partial charge in [-0.05, 0) is 60.1 Å². The van der Waals surface area contributed by atoms with Crippen molar-refractivity contribution >= 4 is 39.9 Å². The van der Waals surface area contributed by atoms with Crippen molar-refractivity contribution in [1.82, 2.24) is 0 Å². The van der Waals surface area contributed by atoms with E-state index in [2.05, 4.69) is 27.9 Å². The van der Waals surface area contributed by atoms with E-state index in [0.717, 1.165) is 33.5 Å². The molecule has 0 heterocycles. The monoisotopic (exact) mass is 337 g/mol. The van der Waals surface area contributed by atoms with E-state index >= 15 is 0 Å². The molecule has 0 aromatic heterocycles. The van der Waals surface area contributed by atoms with Crippen molar-refractivity contribution in [3.63, 3.8) is 0 Å². The number of anilines is 1. The molecule has 2 N–H and O–H groups in total. The third kappa shape index (κ3) is 2.77. The van der Waals surface area contributed by atoms with Gasteiger partial charge in [-0.1, -0.05) is 11.6 Å². The standard InChI is InChI=1S/C11H13ClINO/c12-8-6-7(13)4-5-9(8)14-10-2-1-3-11(10)15/h4-6,10-11,14-15H,1-3H2/t10-,11-/m0/s1. The van der Waals surface area contributed by atoms with E-state index in [4.69, 9.17) is 11.6 Å². The first-order valence-electron chi connectivity index (χ1n) is 5.06. The number of halogens is 2. The average Bonchev–Trinajstić information content (AvgIpc) is 2.57. The Morgan fingerprint density at radius 3 is 2.80 bits per heavy atom. The summed E-state index contributed by atoms with van der Waals surface area (Å²) in [5.74, 6) is 0. The molecular formula is C11H13ClINO. The minimum atomic E-state index is -0.236. The van der Waals surface area contributed by atoms with E-state index in [1.807, 2.05) is 18.2 Å². The van der Waals surface area contributed by atoms with Gasteiger partial charge in [-0.2, -0.15) is 0 Å². The first-order chi connectivity index (χ1) is 7.16. The van der Waals surface area contributed by atoms with E-state index in [9.17, 15) is 5.11 Å². The zero-order valence-electron chi connectivity index (χ0n) is 8.21. The Balaban J connectivity index is 2.10. The van der Waals surface area contributed by atoms with Gasteiger partial charge in [0.25, 0.3) is 0 Å². The molecule has 1 aliphatic rings. The topological polar surface area (TPSA) is 32.3 Å². The number of nitrogens with one attached hydrogen (secondary N) is 1. The zero-order chi connectivity index (χ0) is 10.8. The molecule has 2 atom stereocenters. The molecular weight excluding hydrogens is 324 g/mol. The molecule has 0 unspecified atom stereocenters. The minimum Gasteiger partial charge on any atom is -0.391 e. The van der Waals surface area contributed by atoms with Gasteiger partial charge in [-0.25, -0.2) is 0 Å². The van der Waals surface area contributed by atoms with E-state index in [0.29, 0.717) is 0 Å². The lowest BCUT2D eigenvalue weighted by molar-refractivity contribution is 0.172. The van der Waals surface area contributed by atoms with Gasteiger partial charge in [0.05, 0.1) is 22.9 Å². The summed E-state index contributed by atoms with van der Waals surface area (Å²) in [7, 11) is 0. The van der Waals surface area contributed by atoms with Crippen LogP contribution in [0.5, 0.6) is 0 Å². The van der Waals surface area contributed by atoms with Crippen LogP contribution in [-0.4, -0.2) is 17.3 Å². The highest BCUT2D eigenvalue weighted by Gasteiger charge is 2.25. The van der Waals surface area contributed by atoms with Crippen LogP contribution in [0.15, 0.2) is 18.2 Å². The molecule has 1 aliphatic carbocycles. The van der Waals surface area contributed by atoms with Crippen LogP contribution < -0.4 is 5.32 Å². The summed E-state index contributed by atoms with van der Waals surface area (Å²) in [6.45, 7) is 0. The third-order valence-electron chi connectivity index (χ3n) is 2.75. The molecule has 1 saturated carbocycles. The lowest BCUT2D eigenvalue weighted by Crippen LogP contribution is -2.27. The fourth-order valence-electron chi connectivity index (χ4n) is 1.92. The molecule has 82 valence electrons. The quantitative estimate of drug-likeness (QED) is 0.812. The predicted molar refractivity (Wildman–Crippen MR) is 71.4 cm³/mol. The molecule has 2 nitrogen and oxygen atoms in total. The zero-order valence-corrected chi connectivity index (χ0v) is 11.1. The molecule has 0 amide bonds. The highest BCUT2D eigenvalue weighted by molar-refractivity contribution is 14.1. The van der Waals surface area contributed by atoms with Gasteiger partial charge in [-0.3, -0.25) is 0 Å². The minimum absolute atomic E-state index is 0.155. The van der Waals surface area contributed by atoms with Crippen molar-refractivity contribution in [1.29, 1.82) is 0 Å². The summed E-state index contributed by atoms with van der Waals surface area (Å²) in [5.41, 5.74) is 0.919. The highest BCUT2D eigenvalue weighted by Crippen LogP contribution is 2.28. The van der Waals surface area contributed by atoms with Crippen molar-refractivity contribution in [3.05, 3.63) is 26.8 Å². The molecule has 2 rings (SSSR count). The van der Waals surface area contributed by atoms with Crippen LogP contribution in [0.2, 0.25) is 5.02 Å². The van der Waals surface area contributed by atoms with Gasteiger partial charge >= 0.3 is 0 Å². The molecule has 0 saturated heterocycles. The molecule has 1 aromatic rings. The molecule has 0 aliphatic heterocycles. The fourth-order valence-corrected chi connectivity index (χ4v) is 2.83. The van der Waals surface area contributed by atoms with Gasteiger partial charge < -0.3 is 10.4 Å². The van der Waals surface area contributed by atoms with Crippen LogP contribution in [0, 0.1) is 3.57 Å². The Morgan fingerprint density at radius 1 is 1.40 bits per heavy atom. The maximum Gasteiger partial charge on any atom is 0.0741 e.